The fourth-order valence-corrected chi connectivity index (χ4v) is 3.95. The molecule has 3 unspecified atom stereocenters. The summed E-state index contributed by atoms with van der Waals surface area (Å²) in [6.45, 7) is 3.32. The Bertz CT molecular complexity index is 424. The highest BCUT2D eigenvalue weighted by Gasteiger charge is 2.32. The van der Waals surface area contributed by atoms with Gasteiger partial charge in [0.15, 0.2) is 0 Å². The molecule has 0 heterocycles. The predicted molar refractivity (Wildman–Crippen MR) is 77.7 cm³/mol. The molecule has 1 amide bonds. The van der Waals surface area contributed by atoms with Gasteiger partial charge in [0.2, 0.25) is 15.9 Å². The minimum absolute atomic E-state index is 0.0143. The molecule has 3 atom stereocenters. The molecule has 0 saturated heterocycles. The van der Waals surface area contributed by atoms with Crippen molar-refractivity contribution in [3.8, 4) is 0 Å². The van der Waals surface area contributed by atoms with Gasteiger partial charge in [-0.2, -0.15) is 0 Å². The van der Waals surface area contributed by atoms with Gasteiger partial charge in [0.25, 0.3) is 0 Å². The zero-order chi connectivity index (χ0) is 15.3. The molecule has 20 heavy (non-hydrogen) atoms. The highest BCUT2D eigenvalue weighted by atomic mass is 32.2. The molecular weight excluding hydrogens is 280 g/mol. The topological polar surface area (TPSA) is 86.7 Å². The molecule has 1 saturated carbocycles. The van der Waals surface area contributed by atoms with E-state index in [-0.39, 0.29) is 17.7 Å². The van der Waals surface area contributed by atoms with E-state index in [1.54, 1.807) is 20.9 Å². The van der Waals surface area contributed by atoms with Crippen LogP contribution < -0.4 is 4.72 Å². The smallest absolute Gasteiger partial charge is 0.240 e. The SMILES string of the molecule is CCCS(=O)(=O)NC(C)C(=O)N(C)C1CCCCC1O. The first-order valence-electron chi connectivity index (χ1n) is 7.23. The third-order valence-electron chi connectivity index (χ3n) is 3.74. The highest BCUT2D eigenvalue weighted by molar-refractivity contribution is 7.89. The van der Waals surface area contributed by atoms with Crippen LogP contribution in [0, 0.1) is 0 Å². The molecule has 1 aliphatic rings. The summed E-state index contributed by atoms with van der Waals surface area (Å²) in [5.41, 5.74) is 0. The van der Waals surface area contributed by atoms with Crippen molar-refractivity contribution < 1.29 is 18.3 Å². The van der Waals surface area contributed by atoms with E-state index in [4.69, 9.17) is 0 Å². The summed E-state index contributed by atoms with van der Waals surface area (Å²) in [6, 6.07) is -1.01. The predicted octanol–water partition coefficient (Wildman–Crippen LogP) is 0.466. The van der Waals surface area contributed by atoms with Gasteiger partial charge >= 0.3 is 0 Å². The third kappa shape index (κ3) is 4.71. The number of aliphatic hydroxyl groups excluding tert-OH is 1. The van der Waals surface area contributed by atoms with Crippen LogP contribution in [-0.2, 0) is 14.8 Å². The molecule has 1 rings (SSSR count). The van der Waals surface area contributed by atoms with Crippen molar-refractivity contribution in [2.24, 2.45) is 0 Å². The molecule has 118 valence electrons. The van der Waals surface area contributed by atoms with E-state index in [2.05, 4.69) is 4.72 Å². The molecule has 0 bridgehead atoms. The molecule has 0 radical (unpaired) electrons. The number of nitrogens with zero attached hydrogens (tertiary/aromatic N) is 1. The van der Waals surface area contributed by atoms with E-state index in [1.165, 1.54) is 4.90 Å². The zero-order valence-electron chi connectivity index (χ0n) is 12.5. The minimum Gasteiger partial charge on any atom is -0.391 e. The molecule has 0 spiro atoms. The van der Waals surface area contributed by atoms with E-state index in [0.717, 1.165) is 19.3 Å². The molecule has 0 aromatic carbocycles. The summed E-state index contributed by atoms with van der Waals surface area (Å²) < 4.78 is 25.7. The van der Waals surface area contributed by atoms with Crippen LogP contribution in [0.15, 0.2) is 0 Å². The maximum Gasteiger partial charge on any atom is 0.240 e. The second-order valence-electron chi connectivity index (χ2n) is 5.53. The summed E-state index contributed by atoms with van der Waals surface area (Å²) in [7, 11) is -1.78. The summed E-state index contributed by atoms with van der Waals surface area (Å²) in [6.07, 6.45) is 3.40. The zero-order valence-corrected chi connectivity index (χ0v) is 13.3. The van der Waals surface area contributed by atoms with Gasteiger partial charge in [-0.3, -0.25) is 4.79 Å². The monoisotopic (exact) mass is 306 g/mol. The fraction of sp³-hybridized carbons (Fsp3) is 0.923. The first-order chi connectivity index (χ1) is 9.28. The largest absolute Gasteiger partial charge is 0.391 e. The second kappa shape index (κ2) is 7.38. The van der Waals surface area contributed by atoms with Gasteiger partial charge in [0.05, 0.1) is 23.9 Å². The molecule has 1 fully saturated rings. The van der Waals surface area contributed by atoms with Gasteiger partial charge in [-0.25, -0.2) is 13.1 Å². The summed E-state index contributed by atoms with van der Waals surface area (Å²) in [5, 5.41) is 9.95. The summed E-state index contributed by atoms with van der Waals surface area (Å²) in [4.78, 5) is 13.7. The first-order valence-corrected chi connectivity index (χ1v) is 8.88. The molecule has 0 aromatic rings. The van der Waals surface area contributed by atoms with Gasteiger partial charge in [-0.1, -0.05) is 19.8 Å². The van der Waals surface area contributed by atoms with E-state index >= 15 is 0 Å². The molecule has 0 aromatic heterocycles. The molecular formula is C13H26N2O4S. The summed E-state index contributed by atoms with van der Waals surface area (Å²) >= 11 is 0. The fourth-order valence-electron chi connectivity index (χ4n) is 2.66. The minimum atomic E-state index is -3.41. The van der Waals surface area contributed by atoms with Gasteiger partial charge in [-0.05, 0) is 26.2 Å². The average molecular weight is 306 g/mol. The van der Waals surface area contributed by atoms with Crippen LogP contribution in [0.5, 0.6) is 0 Å². The number of carbonyl (C=O) groups is 1. The van der Waals surface area contributed by atoms with Crippen LogP contribution in [0.2, 0.25) is 0 Å². The van der Waals surface area contributed by atoms with Crippen LogP contribution in [0.3, 0.4) is 0 Å². The molecule has 2 N–H and O–H groups in total. The number of hydrogen-bond acceptors (Lipinski definition) is 4. The van der Waals surface area contributed by atoms with E-state index in [9.17, 15) is 18.3 Å². The maximum absolute atomic E-state index is 12.3. The van der Waals surface area contributed by atoms with Crippen molar-refractivity contribution in [3.05, 3.63) is 0 Å². The normalized spacial score (nSPS) is 25.2. The van der Waals surface area contributed by atoms with Crippen molar-refractivity contribution in [2.75, 3.05) is 12.8 Å². The Labute approximate surface area is 121 Å². The van der Waals surface area contributed by atoms with Crippen molar-refractivity contribution in [2.45, 2.75) is 64.1 Å². The van der Waals surface area contributed by atoms with Crippen molar-refractivity contribution in [1.29, 1.82) is 0 Å². The number of sulfonamides is 1. The number of rotatable bonds is 6. The summed E-state index contributed by atoms with van der Waals surface area (Å²) in [5.74, 6) is -0.281. The van der Waals surface area contributed by atoms with Gasteiger partial charge in [0, 0.05) is 7.05 Å². The Morgan fingerprint density at radius 3 is 2.55 bits per heavy atom. The van der Waals surface area contributed by atoms with Gasteiger partial charge in [0.1, 0.15) is 0 Å². The standard InChI is InChI=1S/C13H26N2O4S/c1-4-9-20(18,19)14-10(2)13(17)15(3)11-7-5-6-8-12(11)16/h10-12,14,16H,4-9H2,1-3H3. The quantitative estimate of drug-likeness (QED) is 0.746. The Hall–Kier alpha value is -0.660. The van der Waals surface area contributed by atoms with Crippen LogP contribution in [0.25, 0.3) is 0 Å². The van der Waals surface area contributed by atoms with E-state index in [1.807, 2.05) is 0 Å². The number of hydrogen-bond donors (Lipinski definition) is 2. The number of amides is 1. The lowest BCUT2D eigenvalue weighted by molar-refractivity contribution is -0.136. The van der Waals surface area contributed by atoms with Crippen LogP contribution >= 0.6 is 0 Å². The average Bonchev–Trinajstić information content (AvgIpc) is 2.36. The van der Waals surface area contributed by atoms with E-state index in [0.29, 0.717) is 12.8 Å². The number of likely N-dealkylation sites (N-methyl/N-ethyl adjacent to an activating group) is 1. The second-order valence-corrected chi connectivity index (χ2v) is 7.40. The molecule has 7 heteroatoms. The van der Waals surface area contributed by atoms with Crippen molar-refractivity contribution in [3.63, 3.8) is 0 Å². The lowest BCUT2D eigenvalue weighted by atomic mass is 9.91. The Kier molecular flexibility index (Phi) is 6.42. The molecule has 1 aliphatic carbocycles. The lowest BCUT2D eigenvalue weighted by Crippen LogP contribution is -2.53. The number of nitrogens with one attached hydrogen (secondary N) is 1. The van der Waals surface area contributed by atoms with Gasteiger partial charge < -0.3 is 10.0 Å². The maximum atomic E-state index is 12.3. The highest BCUT2D eigenvalue weighted by Crippen LogP contribution is 2.22. The Morgan fingerprint density at radius 1 is 1.40 bits per heavy atom. The first kappa shape index (κ1) is 17.4. The van der Waals surface area contributed by atoms with Crippen LogP contribution in [0.4, 0.5) is 0 Å². The van der Waals surface area contributed by atoms with Crippen LogP contribution in [-0.4, -0.2) is 55.3 Å². The Balaban J connectivity index is 2.63. The van der Waals surface area contributed by atoms with Crippen molar-refractivity contribution in [1.82, 2.24) is 9.62 Å². The Morgan fingerprint density at radius 2 is 2.00 bits per heavy atom. The third-order valence-corrected chi connectivity index (χ3v) is 5.40. The number of aliphatic hydroxyl groups is 1. The number of carbonyl (C=O) groups excluding carboxylic acids is 1. The van der Waals surface area contributed by atoms with Crippen molar-refractivity contribution >= 4 is 15.9 Å². The van der Waals surface area contributed by atoms with E-state index < -0.39 is 22.2 Å². The molecule has 0 aliphatic heterocycles. The van der Waals surface area contributed by atoms with Crippen LogP contribution in [0.1, 0.15) is 46.0 Å². The molecule has 6 nitrogen and oxygen atoms in total. The lowest BCUT2D eigenvalue weighted by Gasteiger charge is -2.36. The van der Waals surface area contributed by atoms with Gasteiger partial charge in [-0.15, -0.1) is 0 Å².